The summed E-state index contributed by atoms with van der Waals surface area (Å²) in [5.74, 6) is 1.37. The number of pyridine rings is 2. The summed E-state index contributed by atoms with van der Waals surface area (Å²) in [6.45, 7) is 0. The van der Waals surface area contributed by atoms with Gasteiger partial charge in [0.05, 0.1) is 5.52 Å². The van der Waals surface area contributed by atoms with E-state index in [1.54, 1.807) is 18.3 Å². The second-order valence-electron chi connectivity index (χ2n) is 4.02. The number of anilines is 2. The third-order valence-corrected chi connectivity index (χ3v) is 3.10. The number of hydrogen-bond acceptors (Lipinski definition) is 3. The highest BCUT2D eigenvalue weighted by Crippen LogP contribution is 2.21. The standard InChI is InChI=1S/C14H9Cl2N3/c15-10-2-3-12-9(7-10)1-4-13(18-12)19-14-8-11(16)5-6-17-14/h1-8H,(H,17,18,19). The molecule has 0 amide bonds. The molecule has 3 aromatic rings. The quantitative estimate of drug-likeness (QED) is 0.744. The zero-order valence-corrected chi connectivity index (χ0v) is 11.3. The van der Waals surface area contributed by atoms with Crippen molar-refractivity contribution in [2.24, 2.45) is 0 Å². The zero-order chi connectivity index (χ0) is 13.2. The van der Waals surface area contributed by atoms with E-state index in [9.17, 15) is 0 Å². The van der Waals surface area contributed by atoms with Gasteiger partial charge in [-0.2, -0.15) is 0 Å². The van der Waals surface area contributed by atoms with Crippen LogP contribution in [0.2, 0.25) is 10.0 Å². The second kappa shape index (κ2) is 5.03. The molecule has 0 spiro atoms. The van der Waals surface area contributed by atoms with E-state index in [4.69, 9.17) is 23.2 Å². The summed E-state index contributed by atoms with van der Waals surface area (Å²) >= 11 is 11.8. The Morgan fingerprint density at radius 3 is 2.53 bits per heavy atom. The summed E-state index contributed by atoms with van der Waals surface area (Å²) in [7, 11) is 0. The van der Waals surface area contributed by atoms with Gasteiger partial charge in [0.25, 0.3) is 0 Å². The van der Waals surface area contributed by atoms with Crippen molar-refractivity contribution in [3.63, 3.8) is 0 Å². The predicted molar refractivity (Wildman–Crippen MR) is 79.3 cm³/mol. The number of rotatable bonds is 2. The lowest BCUT2D eigenvalue weighted by Crippen LogP contribution is -1.95. The van der Waals surface area contributed by atoms with Crippen LogP contribution in [0.5, 0.6) is 0 Å². The molecule has 0 aliphatic carbocycles. The lowest BCUT2D eigenvalue weighted by molar-refractivity contribution is 1.28. The van der Waals surface area contributed by atoms with Crippen LogP contribution >= 0.6 is 23.2 Å². The fourth-order valence-electron chi connectivity index (χ4n) is 1.77. The Morgan fingerprint density at radius 1 is 0.842 bits per heavy atom. The summed E-state index contributed by atoms with van der Waals surface area (Å²) in [6.07, 6.45) is 1.64. The molecule has 2 aromatic heterocycles. The van der Waals surface area contributed by atoms with Crippen LogP contribution in [0.4, 0.5) is 11.6 Å². The average molecular weight is 290 g/mol. The topological polar surface area (TPSA) is 37.8 Å². The number of nitrogens with zero attached hydrogens (tertiary/aromatic N) is 2. The Labute approximate surface area is 120 Å². The van der Waals surface area contributed by atoms with E-state index in [1.165, 1.54) is 0 Å². The number of benzene rings is 1. The molecule has 2 heterocycles. The first-order chi connectivity index (χ1) is 9.20. The highest BCUT2D eigenvalue weighted by atomic mass is 35.5. The Kier molecular flexibility index (Phi) is 3.23. The van der Waals surface area contributed by atoms with Crippen molar-refractivity contribution >= 4 is 45.7 Å². The van der Waals surface area contributed by atoms with Crippen LogP contribution in [-0.2, 0) is 0 Å². The minimum absolute atomic E-state index is 0.630. The van der Waals surface area contributed by atoms with Crippen molar-refractivity contribution in [1.29, 1.82) is 0 Å². The summed E-state index contributed by atoms with van der Waals surface area (Å²) in [4.78, 5) is 8.66. The molecule has 3 nitrogen and oxygen atoms in total. The van der Waals surface area contributed by atoms with Crippen molar-refractivity contribution in [2.75, 3.05) is 5.32 Å². The molecule has 5 heteroatoms. The van der Waals surface area contributed by atoms with Crippen molar-refractivity contribution in [3.8, 4) is 0 Å². The Bertz CT molecular complexity index is 744. The van der Waals surface area contributed by atoms with Crippen LogP contribution < -0.4 is 5.32 Å². The summed E-state index contributed by atoms with van der Waals surface area (Å²) < 4.78 is 0. The second-order valence-corrected chi connectivity index (χ2v) is 4.89. The van der Waals surface area contributed by atoms with Gasteiger partial charge in [-0.3, -0.25) is 0 Å². The maximum Gasteiger partial charge on any atom is 0.132 e. The minimum atomic E-state index is 0.630. The highest BCUT2D eigenvalue weighted by molar-refractivity contribution is 6.31. The predicted octanol–water partition coefficient (Wildman–Crippen LogP) is 4.68. The lowest BCUT2D eigenvalue weighted by atomic mass is 10.2. The normalized spacial score (nSPS) is 10.6. The smallest absolute Gasteiger partial charge is 0.132 e. The molecule has 1 N–H and O–H groups in total. The molecule has 0 radical (unpaired) electrons. The van der Waals surface area contributed by atoms with Crippen molar-refractivity contribution in [2.45, 2.75) is 0 Å². The molecule has 0 saturated carbocycles. The molecule has 3 rings (SSSR count). The van der Waals surface area contributed by atoms with Gasteiger partial charge in [0.15, 0.2) is 0 Å². The number of nitrogens with one attached hydrogen (secondary N) is 1. The van der Waals surface area contributed by atoms with Gasteiger partial charge < -0.3 is 5.32 Å². The van der Waals surface area contributed by atoms with Crippen LogP contribution in [0.3, 0.4) is 0 Å². The van der Waals surface area contributed by atoms with Crippen LogP contribution in [0, 0.1) is 0 Å². The molecule has 0 unspecified atom stereocenters. The summed E-state index contributed by atoms with van der Waals surface area (Å²) in [6, 6.07) is 12.9. The SMILES string of the molecule is Clc1ccnc(Nc2ccc3cc(Cl)ccc3n2)c1. The first-order valence-corrected chi connectivity index (χ1v) is 6.41. The van der Waals surface area contributed by atoms with E-state index in [-0.39, 0.29) is 0 Å². The maximum absolute atomic E-state index is 5.94. The average Bonchev–Trinajstić information content (AvgIpc) is 2.39. The summed E-state index contributed by atoms with van der Waals surface area (Å²) in [5.41, 5.74) is 0.872. The van der Waals surface area contributed by atoms with Gasteiger partial charge in [0, 0.05) is 21.6 Å². The molecule has 0 atom stereocenters. The van der Waals surface area contributed by atoms with Crippen LogP contribution in [0.1, 0.15) is 0 Å². The maximum atomic E-state index is 5.94. The lowest BCUT2D eigenvalue weighted by Gasteiger charge is -2.06. The first-order valence-electron chi connectivity index (χ1n) is 5.66. The van der Waals surface area contributed by atoms with Gasteiger partial charge in [-0.25, -0.2) is 9.97 Å². The molecule has 0 aliphatic heterocycles. The molecule has 0 bridgehead atoms. The molecule has 0 fully saturated rings. The number of aromatic nitrogens is 2. The molecular weight excluding hydrogens is 281 g/mol. The highest BCUT2D eigenvalue weighted by Gasteiger charge is 2.01. The van der Waals surface area contributed by atoms with E-state index in [1.807, 2.05) is 30.3 Å². The van der Waals surface area contributed by atoms with E-state index < -0.39 is 0 Å². The monoisotopic (exact) mass is 289 g/mol. The number of fused-ring (bicyclic) bond motifs is 1. The fourth-order valence-corrected chi connectivity index (χ4v) is 2.11. The van der Waals surface area contributed by atoms with Crippen LogP contribution in [-0.4, -0.2) is 9.97 Å². The van der Waals surface area contributed by atoms with E-state index in [0.29, 0.717) is 21.7 Å². The third-order valence-electron chi connectivity index (χ3n) is 2.63. The Morgan fingerprint density at radius 2 is 1.68 bits per heavy atom. The fraction of sp³-hybridized carbons (Fsp3) is 0. The van der Waals surface area contributed by atoms with Crippen LogP contribution in [0.15, 0.2) is 48.7 Å². The van der Waals surface area contributed by atoms with E-state index >= 15 is 0 Å². The van der Waals surface area contributed by atoms with Gasteiger partial charge in [-0.05, 0) is 42.5 Å². The van der Waals surface area contributed by atoms with Crippen molar-refractivity contribution in [3.05, 3.63) is 58.7 Å². The van der Waals surface area contributed by atoms with E-state index in [2.05, 4.69) is 15.3 Å². The van der Waals surface area contributed by atoms with Gasteiger partial charge in [0.1, 0.15) is 11.6 Å². The number of hydrogen-bond donors (Lipinski definition) is 1. The largest absolute Gasteiger partial charge is 0.325 e. The Hall–Kier alpha value is -1.84. The molecular formula is C14H9Cl2N3. The van der Waals surface area contributed by atoms with E-state index in [0.717, 1.165) is 10.9 Å². The molecule has 0 saturated heterocycles. The molecule has 0 aliphatic rings. The van der Waals surface area contributed by atoms with Crippen LogP contribution in [0.25, 0.3) is 10.9 Å². The molecule has 19 heavy (non-hydrogen) atoms. The number of halogens is 2. The van der Waals surface area contributed by atoms with Gasteiger partial charge >= 0.3 is 0 Å². The summed E-state index contributed by atoms with van der Waals surface area (Å²) in [5, 5.41) is 5.44. The molecule has 94 valence electrons. The minimum Gasteiger partial charge on any atom is -0.325 e. The van der Waals surface area contributed by atoms with Crippen molar-refractivity contribution < 1.29 is 0 Å². The molecule has 1 aromatic carbocycles. The third kappa shape index (κ3) is 2.78. The Balaban J connectivity index is 1.95. The van der Waals surface area contributed by atoms with Gasteiger partial charge in [-0.15, -0.1) is 0 Å². The first kappa shape index (κ1) is 12.2. The van der Waals surface area contributed by atoms with Gasteiger partial charge in [0.2, 0.25) is 0 Å². The zero-order valence-electron chi connectivity index (χ0n) is 9.77. The van der Waals surface area contributed by atoms with Crippen molar-refractivity contribution in [1.82, 2.24) is 9.97 Å². The van der Waals surface area contributed by atoms with Gasteiger partial charge in [-0.1, -0.05) is 23.2 Å².